The summed E-state index contributed by atoms with van der Waals surface area (Å²) in [6.45, 7) is 14.7. The topological polar surface area (TPSA) is 77.8 Å². The van der Waals surface area contributed by atoms with Crippen LogP contribution in [0.4, 0.5) is 0 Å². The largest absolute Gasteiger partial charge is 0.378 e. The summed E-state index contributed by atoms with van der Waals surface area (Å²) in [5, 5.41) is 0. The molecule has 26 heavy (non-hydrogen) atoms. The van der Waals surface area contributed by atoms with Gasteiger partial charge in [0.05, 0.1) is 65.1 Å². The van der Waals surface area contributed by atoms with Crippen molar-refractivity contribution < 1.29 is 33.2 Å². The van der Waals surface area contributed by atoms with Crippen LogP contribution in [0.25, 0.3) is 0 Å². The van der Waals surface area contributed by atoms with E-state index in [-0.39, 0.29) is 17.6 Å². The Morgan fingerprint density at radius 2 is 1.15 bits per heavy atom. The summed E-state index contributed by atoms with van der Waals surface area (Å²) in [5.74, 6) is 0. The molecule has 6 unspecified atom stereocenters. The van der Waals surface area contributed by atoms with E-state index in [1.165, 1.54) is 0 Å². The van der Waals surface area contributed by atoms with Gasteiger partial charge in [-0.2, -0.15) is 0 Å². The van der Waals surface area contributed by atoms with Gasteiger partial charge in [-0.3, -0.25) is 0 Å². The van der Waals surface area contributed by atoms with Crippen molar-refractivity contribution in [3.63, 3.8) is 0 Å². The van der Waals surface area contributed by atoms with Gasteiger partial charge in [0.15, 0.2) is 0 Å². The summed E-state index contributed by atoms with van der Waals surface area (Å²) in [5.41, 5.74) is 0.0732. The lowest BCUT2D eigenvalue weighted by atomic mass is 9.96. The molecule has 0 aromatic rings. The lowest BCUT2D eigenvalue weighted by Crippen LogP contribution is -2.27. The summed E-state index contributed by atoms with van der Waals surface area (Å²) < 4.78 is 37.1. The highest BCUT2D eigenvalue weighted by atomic mass is 16.6. The molecule has 4 aliphatic heterocycles. The van der Waals surface area contributed by atoms with Gasteiger partial charge in [-0.1, -0.05) is 13.8 Å². The molecule has 7 heteroatoms. The molecule has 0 spiro atoms. The van der Waals surface area contributed by atoms with Crippen molar-refractivity contribution in [3.8, 4) is 0 Å². The van der Waals surface area contributed by atoms with E-state index in [9.17, 15) is 0 Å². The van der Waals surface area contributed by atoms with Gasteiger partial charge in [0.1, 0.15) is 24.4 Å². The predicted octanol–water partition coefficient (Wildman–Crippen LogP) is 1.42. The first kappa shape index (κ1) is 20.5. The summed E-state index contributed by atoms with van der Waals surface area (Å²) in [7, 11) is 0. The summed E-state index contributed by atoms with van der Waals surface area (Å²) >= 11 is 0. The average molecular weight is 374 g/mol. The Morgan fingerprint density at radius 1 is 0.769 bits per heavy atom. The van der Waals surface area contributed by atoms with Gasteiger partial charge in [-0.15, -0.1) is 0 Å². The maximum absolute atomic E-state index is 5.65. The van der Waals surface area contributed by atoms with Crippen LogP contribution in [-0.2, 0) is 33.2 Å². The first-order valence-corrected chi connectivity index (χ1v) is 9.70. The van der Waals surface area contributed by atoms with Crippen LogP contribution in [0.5, 0.6) is 0 Å². The van der Waals surface area contributed by atoms with Crippen LogP contribution in [0.15, 0.2) is 0 Å². The molecule has 7 nitrogen and oxygen atoms in total. The second-order valence-electron chi connectivity index (χ2n) is 8.40. The first-order chi connectivity index (χ1) is 12.4. The summed E-state index contributed by atoms with van der Waals surface area (Å²) in [4.78, 5) is 0. The normalized spacial score (nSPS) is 33.7. The van der Waals surface area contributed by atoms with Gasteiger partial charge >= 0.3 is 0 Å². The third kappa shape index (κ3) is 8.61. The predicted molar refractivity (Wildman–Crippen MR) is 94.4 cm³/mol. The molecule has 4 rings (SSSR count). The minimum atomic E-state index is 0.0732. The van der Waals surface area contributed by atoms with Gasteiger partial charge in [-0.05, 0) is 13.8 Å². The van der Waals surface area contributed by atoms with Crippen molar-refractivity contribution in [2.75, 3.05) is 52.9 Å². The van der Waals surface area contributed by atoms with Gasteiger partial charge < -0.3 is 33.2 Å². The highest BCUT2D eigenvalue weighted by Crippen LogP contribution is 2.23. The zero-order chi connectivity index (χ0) is 18.6. The molecular formula is C19H34O7. The van der Waals surface area contributed by atoms with Crippen molar-refractivity contribution in [3.05, 3.63) is 0 Å². The van der Waals surface area contributed by atoms with Crippen LogP contribution in [0.1, 0.15) is 27.7 Å². The molecule has 4 aliphatic rings. The van der Waals surface area contributed by atoms with E-state index in [4.69, 9.17) is 33.2 Å². The lowest BCUT2D eigenvalue weighted by Gasteiger charge is -2.23. The third-order valence-corrected chi connectivity index (χ3v) is 4.59. The van der Waals surface area contributed by atoms with Crippen molar-refractivity contribution in [2.24, 2.45) is 5.41 Å². The van der Waals surface area contributed by atoms with E-state index in [2.05, 4.69) is 27.7 Å². The third-order valence-electron chi connectivity index (χ3n) is 4.59. The van der Waals surface area contributed by atoms with Gasteiger partial charge in [-0.25, -0.2) is 0 Å². The molecule has 0 aromatic carbocycles. The molecule has 6 atom stereocenters. The number of ether oxygens (including phenoxy) is 7. The van der Waals surface area contributed by atoms with E-state index in [0.29, 0.717) is 24.4 Å². The van der Waals surface area contributed by atoms with E-state index < -0.39 is 0 Å². The average Bonchev–Trinajstić information content (AvgIpc) is 3.46. The Labute approximate surface area is 156 Å². The van der Waals surface area contributed by atoms with E-state index in [1.807, 2.05) is 0 Å². The fourth-order valence-electron chi connectivity index (χ4n) is 2.47. The van der Waals surface area contributed by atoms with E-state index in [0.717, 1.165) is 52.9 Å². The molecule has 0 amide bonds. The van der Waals surface area contributed by atoms with Gasteiger partial charge in [0, 0.05) is 5.41 Å². The van der Waals surface area contributed by atoms with Crippen LogP contribution in [0.3, 0.4) is 0 Å². The van der Waals surface area contributed by atoms with Crippen molar-refractivity contribution in [2.45, 2.75) is 64.3 Å². The molecule has 4 heterocycles. The van der Waals surface area contributed by atoms with Gasteiger partial charge in [0.2, 0.25) is 0 Å². The molecule has 0 bridgehead atoms. The second kappa shape index (κ2) is 9.28. The highest BCUT2D eigenvalue weighted by molar-refractivity contribution is 4.81. The summed E-state index contributed by atoms with van der Waals surface area (Å²) in [6.07, 6.45) is 1.85. The molecule has 152 valence electrons. The Hall–Kier alpha value is -0.280. The Morgan fingerprint density at radius 3 is 1.46 bits per heavy atom. The molecule has 0 aliphatic carbocycles. The number of hydrogen-bond acceptors (Lipinski definition) is 7. The number of hydrogen-bond donors (Lipinski definition) is 0. The molecular weight excluding hydrogens is 340 g/mol. The molecule has 0 radical (unpaired) electrons. The molecule has 4 fully saturated rings. The molecule has 0 N–H and O–H groups in total. The van der Waals surface area contributed by atoms with E-state index in [1.54, 1.807) is 0 Å². The summed E-state index contributed by atoms with van der Waals surface area (Å²) in [6, 6.07) is 0. The van der Waals surface area contributed by atoms with Crippen LogP contribution < -0.4 is 0 Å². The fourth-order valence-corrected chi connectivity index (χ4v) is 2.47. The maximum atomic E-state index is 5.65. The van der Waals surface area contributed by atoms with Gasteiger partial charge in [0.25, 0.3) is 0 Å². The molecule has 4 saturated heterocycles. The quantitative estimate of drug-likeness (QED) is 0.478. The SMILES string of the molecule is CC(C)(COCC1CO1)COCC1CO1.CC(OC(C)C1CO1)C1CO1. The van der Waals surface area contributed by atoms with Crippen molar-refractivity contribution in [1.82, 2.24) is 0 Å². The zero-order valence-electron chi connectivity index (χ0n) is 16.5. The Bertz CT molecular complexity index is 378. The monoisotopic (exact) mass is 374 g/mol. The fraction of sp³-hybridized carbons (Fsp3) is 1.00. The maximum Gasteiger partial charge on any atom is 0.107 e. The molecule has 0 aromatic heterocycles. The first-order valence-electron chi connectivity index (χ1n) is 9.70. The van der Waals surface area contributed by atoms with Crippen LogP contribution >= 0.6 is 0 Å². The minimum Gasteiger partial charge on any atom is -0.378 e. The van der Waals surface area contributed by atoms with E-state index >= 15 is 0 Å². The standard InChI is InChI=1S/C11H20O4.C8H14O3/c1-11(2,7-12-3-9-5-14-9)8-13-4-10-6-15-10;1-5(7-3-9-7)11-6(2)8-4-10-8/h9-10H,3-8H2,1-2H3;5-8H,3-4H2,1-2H3. The van der Waals surface area contributed by atoms with Crippen LogP contribution in [0, 0.1) is 5.41 Å². The minimum absolute atomic E-state index is 0.0732. The Balaban J connectivity index is 0.000000158. The van der Waals surface area contributed by atoms with Crippen molar-refractivity contribution in [1.29, 1.82) is 0 Å². The lowest BCUT2D eigenvalue weighted by molar-refractivity contribution is -0.0186. The Kier molecular flexibility index (Phi) is 7.30. The second-order valence-corrected chi connectivity index (χ2v) is 8.40. The molecule has 0 saturated carbocycles. The zero-order valence-corrected chi connectivity index (χ0v) is 16.5. The highest BCUT2D eigenvalue weighted by Gasteiger charge is 2.36. The number of rotatable bonds is 12. The van der Waals surface area contributed by atoms with Crippen LogP contribution in [0.2, 0.25) is 0 Å². The number of epoxide rings is 4. The van der Waals surface area contributed by atoms with Crippen molar-refractivity contribution >= 4 is 0 Å². The smallest absolute Gasteiger partial charge is 0.107 e. The van der Waals surface area contributed by atoms with Crippen LogP contribution in [-0.4, -0.2) is 89.5 Å².